The smallest absolute Gasteiger partial charge is 0.223 e. The average Bonchev–Trinajstić information content (AvgIpc) is 3.25. The van der Waals surface area contributed by atoms with Crippen LogP contribution in [-0.4, -0.2) is 32.8 Å². The molecule has 3 heterocycles. The van der Waals surface area contributed by atoms with Crippen molar-refractivity contribution in [3.05, 3.63) is 71.4 Å². The number of aryl methyl sites for hydroxylation is 1. The number of halogens is 1. The molecule has 1 amide bonds. The molecule has 3 atom stereocenters. The molecule has 1 aliphatic heterocycles. The summed E-state index contributed by atoms with van der Waals surface area (Å²) in [6.07, 6.45) is 5.30. The summed E-state index contributed by atoms with van der Waals surface area (Å²) in [6, 6.07) is 13.0. The van der Waals surface area contributed by atoms with Crippen molar-refractivity contribution in [1.82, 2.24) is 14.3 Å². The van der Waals surface area contributed by atoms with Crippen LogP contribution in [0.2, 0.25) is 0 Å². The van der Waals surface area contributed by atoms with Crippen molar-refractivity contribution in [3.8, 4) is 0 Å². The largest absolute Gasteiger partial charge is 0.339 e. The van der Waals surface area contributed by atoms with E-state index < -0.39 is 0 Å². The summed E-state index contributed by atoms with van der Waals surface area (Å²) in [7, 11) is 0. The summed E-state index contributed by atoms with van der Waals surface area (Å²) in [5.74, 6) is -0.545. The number of rotatable bonds is 4. The van der Waals surface area contributed by atoms with Crippen molar-refractivity contribution >= 4 is 11.6 Å². The van der Waals surface area contributed by atoms with Gasteiger partial charge in [-0.15, -0.1) is 0 Å². The number of carbonyl (C=O) groups is 1. The van der Waals surface area contributed by atoms with Crippen molar-refractivity contribution in [2.45, 2.75) is 65.3 Å². The molecule has 5 rings (SSSR count). The molecule has 0 spiro atoms. The maximum Gasteiger partial charge on any atom is 0.223 e. The molecule has 1 aliphatic carbocycles. The molecule has 2 aromatic heterocycles. The first-order valence-electron chi connectivity index (χ1n) is 11.6. The van der Waals surface area contributed by atoms with Gasteiger partial charge >= 0.3 is 0 Å². The van der Waals surface area contributed by atoms with Gasteiger partial charge in [-0.25, -0.2) is 9.37 Å². The van der Waals surface area contributed by atoms with Crippen molar-refractivity contribution in [3.63, 3.8) is 0 Å². The van der Waals surface area contributed by atoms with Gasteiger partial charge in [0.1, 0.15) is 11.5 Å². The summed E-state index contributed by atoms with van der Waals surface area (Å²) in [6.45, 7) is 9.76. The molecule has 0 N–H and O–H groups in total. The first-order chi connectivity index (χ1) is 15.2. The summed E-state index contributed by atoms with van der Waals surface area (Å²) in [5, 5.41) is 0. The van der Waals surface area contributed by atoms with Gasteiger partial charge in [0.2, 0.25) is 5.91 Å². The number of imidazole rings is 1. The molecule has 4 nitrogen and oxygen atoms in total. The second-order valence-electron chi connectivity index (χ2n) is 11.1. The second-order valence-corrected chi connectivity index (χ2v) is 11.1. The summed E-state index contributed by atoms with van der Waals surface area (Å²) in [4.78, 5) is 20.4. The van der Waals surface area contributed by atoms with E-state index in [-0.39, 0.29) is 40.9 Å². The number of benzene rings is 1. The third kappa shape index (κ3) is 3.62. The minimum absolute atomic E-state index is 0.119. The molecule has 3 unspecified atom stereocenters. The Kier molecular flexibility index (Phi) is 4.92. The highest BCUT2D eigenvalue weighted by Crippen LogP contribution is 2.52. The Morgan fingerprint density at radius 1 is 1.16 bits per heavy atom. The molecule has 3 aromatic rings. The maximum absolute atomic E-state index is 15.0. The SMILES string of the molecule is Cc1cccc2ncc(C(CC(=O)N3CC4(C)CC3CC(C)(C)C4)c3ccccc3F)n12. The number of carbonyl (C=O) groups excluding carboxylic acids is 1. The predicted octanol–water partition coefficient (Wildman–Crippen LogP) is 5.73. The standard InChI is InChI=1S/C27H32FN3O/c1-18-8-7-11-24-29-15-23(31(18)24)21(20-9-5-6-10-22(20)28)12-25(32)30-17-27(4)14-19(30)13-26(2,3)16-27/h5-11,15,19,21H,12-14,16-17H2,1-4H3. The molecule has 2 bridgehead atoms. The molecule has 1 saturated heterocycles. The Morgan fingerprint density at radius 3 is 2.72 bits per heavy atom. The minimum Gasteiger partial charge on any atom is -0.339 e. The number of amides is 1. The highest BCUT2D eigenvalue weighted by molar-refractivity contribution is 5.78. The topological polar surface area (TPSA) is 37.6 Å². The lowest BCUT2D eigenvalue weighted by Crippen LogP contribution is -2.38. The van der Waals surface area contributed by atoms with Crippen LogP contribution in [0.1, 0.15) is 69.3 Å². The fourth-order valence-corrected chi connectivity index (χ4v) is 6.65. The van der Waals surface area contributed by atoms with Crippen LogP contribution in [0, 0.1) is 23.6 Å². The Bertz CT molecular complexity index is 1180. The highest BCUT2D eigenvalue weighted by Gasteiger charge is 2.51. The number of aromatic nitrogens is 2. The van der Waals surface area contributed by atoms with Gasteiger partial charge in [-0.1, -0.05) is 45.0 Å². The lowest BCUT2D eigenvalue weighted by molar-refractivity contribution is -0.132. The summed E-state index contributed by atoms with van der Waals surface area (Å²) >= 11 is 0. The number of hydrogen-bond acceptors (Lipinski definition) is 2. The zero-order valence-corrected chi connectivity index (χ0v) is 19.4. The summed E-state index contributed by atoms with van der Waals surface area (Å²) in [5.41, 5.74) is 3.69. The monoisotopic (exact) mass is 433 g/mol. The molecular formula is C27H32FN3O. The molecule has 5 heteroatoms. The number of likely N-dealkylation sites (tertiary alicyclic amines) is 1. The van der Waals surface area contributed by atoms with Crippen molar-refractivity contribution in [2.24, 2.45) is 10.8 Å². The van der Waals surface area contributed by atoms with E-state index in [0.29, 0.717) is 5.56 Å². The van der Waals surface area contributed by atoms with Crippen LogP contribution in [0.3, 0.4) is 0 Å². The van der Waals surface area contributed by atoms with Gasteiger partial charge < -0.3 is 9.30 Å². The van der Waals surface area contributed by atoms with Gasteiger partial charge in [-0.05, 0) is 60.8 Å². The molecule has 0 radical (unpaired) electrons. The van der Waals surface area contributed by atoms with Crippen LogP contribution < -0.4 is 0 Å². The first kappa shape index (κ1) is 21.2. The fraction of sp³-hybridized carbons (Fsp3) is 0.481. The van der Waals surface area contributed by atoms with E-state index in [4.69, 9.17) is 0 Å². The molecule has 168 valence electrons. The number of hydrogen-bond donors (Lipinski definition) is 0. The molecule has 2 aliphatic rings. The van der Waals surface area contributed by atoms with Crippen molar-refractivity contribution in [2.75, 3.05) is 6.54 Å². The van der Waals surface area contributed by atoms with Gasteiger partial charge in [-0.2, -0.15) is 0 Å². The van der Waals surface area contributed by atoms with E-state index in [9.17, 15) is 9.18 Å². The van der Waals surface area contributed by atoms with Crippen LogP contribution in [0.15, 0.2) is 48.7 Å². The molecule has 32 heavy (non-hydrogen) atoms. The van der Waals surface area contributed by atoms with Crippen molar-refractivity contribution in [1.29, 1.82) is 0 Å². The number of pyridine rings is 1. The minimum atomic E-state index is -0.388. The lowest BCUT2D eigenvalue weighted by atomic mass is 9.65. The Balaban J connectivity index is 1.53. The third-order valence-electron chi connectivity index (χ3n) is 7.50. The second kappa shape index (κ2) is 7.43. The Labute approximate surface area is 189 Å². The number of fused-ring (bicyclic) bond motifs is 3. The van der Waals surface area contributed by atoms with Crippen LogP contribution in [0.4, 0.5) is 4.39 Å². The maximum atomic E-state index is 15.0. The zero-order chi connectivity index (χ0) is 22.7. The fourth-order valence-electron chi connectivity index (χ4n) is 6.65. The van der Waals surface area contributed by atoms with E-state index in [1.807, 2.05) is 31.2 Å². The van der Waals surface area contributed by atoms with Gasteiger partial charge in [-0.3, -0.25) is 4.79 Å². The number of nitrogens with zero attached hydrogens (tertiary/aromatic N) is 3. The van der Waals surface area contributed by atoms with Crippen LogP contribution in [0.5, 0.6) is 0 Å². The normalized spacial score (nSPS) is 25.3. The van der Waals surface area contributed by atoms with Gasteiger partial charge in [0, 0.05) is 36.8 Å². The van der Waals surface area contributed by atoms with E-state index in [1.54, 1.807) is 18.3 Å². The van der Waals surface area contributed by atoms with Crippen molar-refractivity contribution < 1.29 is 9.18 Å². The van der Waals surface area contributed by atoms with E-state index >= 15 is 0 Å². The van der Waals surface area contributed by atoms with E-state index in [2.05, 4.69) is 35.1 Å². The first-order valence-corrected chi connectivity index (χ1v) is 11.6. The molecule has 1 aromatic carbocycles. The predicted molar refractivity (Wildman–Crippen MR) is 124 cm³/mol. The average molecular weight is 434 g/mol. The third-order valence-corrected chi connectivity index (χ3v) is 7.50. The summed E-state index contributed by atoms with van der Waals surface area (Å²) < 4.78 is 17.0. The zero-order valence-electron chi connectivity index (χ0n) is 19.4. The molecule has 1 saturated carbocycles. The molecule has 2 fully saturated rings. The van der Waals surface area contributed by atoms with E-state index in [0.717, 1.165) is 42.8 Å². The van der Waals surface area contributed by atoms with Crippen LogP contribution >= 0.6 is 0 Å². The van der Waals surface area contributed by atoms with Gasteiger partial charge in [0.15, 0.2) is 0 Å². The van der Waals surface area contributed by atoms with Gasteiger partial charge in [0.25, 0.3) is 0 Å². The van der Waals surface area contributed by atoms with Crippen LogP contribution in [0.25, 0.3) is 5.65 Å². The Hall–Kier alpha value is -2.69. The Morgan fingerprint density at radius 2 is 1.94 bits per heavy atom. The quantitative estimate of drug-likeness (QED) is 0.527. The van der Waals surface area contributed by atoms with Gasteiger partial charge in [0.05, 0.1) is 5.69 Å². The van der Waals surface area contributed by atoms with E-state index in [1.165, 1.54) is 6.07 Å². The highest BCUT2D eigenvalue weighted by atomic mass is 19.1. The van der Waals surface area contributed by atoms with Crippen LogP contribution in [-0.2, 0) is 4.79 Å². The molecular weight excluding hydrogens is 401 g/mol. The lowest BCUT2D eigenvalue weighted by Gasteiger charge is -2.39.